The molecule has 4 rings (SSSR count). The quantitative estimate of drug-likeness (QED) is 0.271. The molecule has 1 atom stereocenters. The van der Waals surface area contributed by atoms with Crippen molar-refractivity contribution < 1.29 is 19.1 Å². The Kier molecular flexibility index (Phi) is 9.68. The average molecular weight is 525 g/mol. The average Bonchev–Trinajstić information content (AvgIpc) is 2.96. The van der Waals surface area contributed by atoms with Crippen LogP contribution >= 0.6 is 0 Å². The van der Waals surface area contributed by atoms with Gasteiger partial charge in [0.25, 0.3) is 5.91 Å². The van der Waals surface area contributed by atoms with Crippen molar-refractivity contribution in [2.45, 2.75) is 39.7 Å². The molecule has 0 unspecified atom stereocenters. The van der Waals surface area contributed by atoms with Crippen LogP contribution in [0.1, 0.15) is 42.0 Å². The number of hydrogen-bond donors (Lipinski definition) is 0. The summed E-state index contributed by atoms with van der Waals surface area (Å²) in [6.45, 7) is 5.67. The summed E-state index contributed by atoms with van der Waals surface area (Å²) in [5.41, 5.74) is 4.76. The number of piperidine rings is 1. The number of ether oxygens (including phenoxy) is 1. The van der Waals surface area contributed by atoms with Crippen LogP contribution in [0, 0.1) is 12.8 Å². The fourth-order valence-corrected chi connectivity index (χ4v) is 4.85. The minimum absolute atomic E-state index is 0.00441. The Balaban J connectivity index is 1.47. The topological polar surface area (TPSA) is 66.9 Å². The number of amides is 2. The summed E-state index contributed by atoms with van der Waals surface area (Å²) in [5, 5.41) is 0. The molecule has 0 N–H and O–H groups in total. The molecule has 0 radical (unpaired) electrons. The second kappa shape index (κ2) is 13.6. The van der Waals surface area contributed by atoms with Crippen molar-refractivity contribution in [2.24, 2.45) is 5.92 Å². The molecule has 0 aliphatic carbocycles. The van der Waals surface area contributed by atoms with Gasteiger partial charge in [-0.15, -0.1) is 0 Å². The van der Waals surface area contributed by atoms with E-state index in [1.54, 1.807) is 22.8 Å². The van der Waals surface area contributed by atoms with E-state index in [1.807, 2.05) is 85.8 Å². The van der Waals surface area contributed by atoms with E-state index in [9.17, 15) is 14.4 Å². The number of esters is 1. The Morgan fingerprint density at radius 3 is 2.46 bits per heavy atom. The lowest BCUT2D eigenvalue weighted by molar-refractivity contribution is -0.151. The smallest absolute Gasteiger partial charge is 0.310 e. The molecule has 1 fully saturated rings. The molecule has 3 aromatic carbocycles. The highest BCUT2D eigenvalue weighted by Gasteiger charge is 2.29. The van der Waals surface area contributed by atoms with Gasteiger partial charge in [0.2, 0.25) is 5.91 Å². The number of carbonyl (C=O) groups is 3. The van der Waals surface area contributed by atoms with Crippen molar-refractivity contribution >= 4 is 29.5 Å². The highest BCUT2D eigenvalue weighted by Crippen LogP contribution is 2.22. The van der Waals surface area contributed by atoms with Gasteiger partial charge in [0.1, 0.15) is 0 Å². The number of likely N-dealkylation sites (tertiary alicyclic amines) is 1. The third-order valence-corrected chi connectivity index (χ3v) is 6.90. The van der Waals surface area contributed by atoms with Crippen molar-refractivity contribution in [1.82, 2.24) is 4.90 Å². The molecule has 1 aliphatic heterocycles. The van der Waals surface area contributed by atoms with E-state index in [0.29, 0.717) is 26.2 Å². The summed E-state index contributed by atoms with van der Waals surface area (Å²) >= 11 is 0. The van der Waals surface area contributed by atoms with Crippen molar-refractivity contribution in [1.29, 1.82) is 0 Å². The third-order valence-electron chi connectivity index (χ3n) is 6.90. The van der Waals surface area contributed by atoms with E-state index >= 15 is 0 Å². The number of carbonyl (C=O) groups excluding carboxylic acids is 3. The molecule has 0 spiro atoms. The van der Waals surface area contributed by atoms with Gasteiger partial charge in [-0.25, -0.2) is 0 Å². The second-order valence-corrected chi connectivity index (χ2v) is 9.93. The largest absolute Gasteiger partial charge is 0.466 e. The Morgan fingerprint density at radius 1 is 0.974 bits per heavy atom. The maximum Gasteiger partial charge on any atom is 0.310 e. The Hall–Kier alpha value is -4.19. The van der Waals surface area contributed by atoms with Gasteiger partial charge in [-0.2, -0.15) is 0 Å². The zero-order valence-corrected chi connectivity index (χ0v) is 22.7. The molecule has 0 bridgehead atoms. The zero-order valence-electron chi connectivity index (χ0n) is 22.7. The number of nitrogens with zero attached hydrogens (tertiary/aromatic N) is 2. The number of aryl methyl sites for hydroxylation is 1. The first-order chi connectivity index (χ1) is 18.9. The van der Waals surface area contributed by atoms with Crippen LogP contribution in [0.3, 0.4) is 0 Å². The molecular weight excluding hydrogens is 488 g/mol. The lowest BCUT2D eigenvalue weighted by Crippen LogP contribution is -2.43. The molecular formula is C33H36N2O4. The molecule has 202 valence electrons. The van der Waals surface area contributed by atoms with Gasteiger partial charge < -0.3 is 14.5 Å². The highest BCUT2D eigenvalue weighted by molar-refractivity contribution is 6.03. The van der Waals surface area contributed by atoms with E-state index in [2.05, 4.69) is 6.07 Å². The second-order valence-electron chi connectivity index (χ2n) is 9.93. The molecule has 2 amide bonds. The van der Waals surface area contributed by atoms with Crippen LogP contribution < -0.4 is 4.90 Å². The Bertz CT molecular complexity index is 1300. The van der Waals surface area contributed by atoms with Gasteiger partial charge in [0.05, 0.1) is 25.5 Å². The lowest BCUT2D eigenvalue weighted by Gasteiger charge is -2.31. The minimum atomic E-state index is -0.254. The van der Waals surface area contributed by atoms with Crippen LogP contribution in [0.15, 0.2) is 84.9 Å². The number of benzene rings is 3. The SMILES string of the molecule is CCOC(=O)[C@H]1CCCN(C(=O)Cc2ccc(N(Cc3cccc(C)c3)C(=O)/C=C/c3ccccc3)cc2)C1. The van der Waals surface area contributed by atoms with E-state index in [4.69, 9.17) is 4.74 Å². The lowest BCUT2D eigenvalue weighted by atomic mass is 9.97. The number of rotatable bonds is 9. The molecule has 1 saturated heterocycles. The third kappa shape index (κ3) is 7.90. The fourth-order valence-electron chi connectivity index (χ4n) is 4.85. The normalized spacial score (nSPS) is 15.2. The Labute approximate surface area is 230 Å². The van der Waals surface area contributed by atoms with E-state index in [-0.39, 0.29) is 30.1 Å². The minimum Gasteiger partial charge on any atom is -0.466 e. The summed E-state index contributed by atoms with van der Waals surface area (Å²) in [6, 6.07) is 25.5. The van der Waals surface area contributed by atoms with E-state index in [1.165, 1.54) is 0 Å². The first kappa shape index (κ1) is 27.8. The highest BCUT2D eigenvalue weighted by atomic mass is 16.5. The molecule has 6 nitrogen and oxygen atoms in total. The molecule has 0 aromatic heterocycles. The maximum atomic E-state index is 13.3. The van der Waals surface area contributed by atoms with E-state index in [0.717, 1.165) is 40.8 Å². The van der Waals surface area contributed by atoms with Crippen LogP contribution in [0.4, 0.5) is 5.69 Å². The monoisotopic (exact) mass is 524 g/mol. The summed E-state index contributed by atoms with van der Waals surface area (Å²) in [5.74, 6) is -0.605. The summed E-state index contributed by atoms with van der Waals surface area (Å²) in [7, 11) is 0. The van der Waals surface area contributed by atoms with Gasteiger partial charge in [-0.1, -0.05) is 72.3 Å². The van der Waals surface area contributed by atoms with Gasteiger partial charge in [0, 0.05) is 24.9 Å². The summed E-state index contributed by atoms with van der Waals surface area (Å²) in [6.07, 6.45) is 5.21. The van der Waals surface area contributed by atoms with Gasteiger partial charge in [0.15, 0.2) is 0 Å². The van der Waals surface area contributed by atoms with Crippen LogP contribution in [-0.2, 0) is 32.1 Å². The number of anilines is 1. The number of hydrogen-bond acceptors (Lipinski definition) is 4. The van der Waals surface area contributed by atoms with Crippen LogP contribution in [0.5, 0.6) is 0 Å². The first-order valence-corrected chi connectivity index (χ1v) is 13.6. The molecule has 1 heterocycles. The standard InChI is InChI=1S/C33H36N2O4/c1-3-39-33(38)29-13-8-20-34(24-29)32(37)22-27-14-17-30(18-15-27)35(23-28-12-7-9-25(2)21-28)31(36)19-16-26-10-5-4-6-11-26/h4-7,9-12,14-19,21,29H,3,8,13,20,22-24H2,1-2H3/b19-16+/t29-/m0/s1. The van der Waals surface area contributed by atoms with Gasteiger partial charge in [-0.3, -0.25) is 14.4 Å². The van der Waals surface area contributed by atoms with Gasteiger partial charge in [-0.05, 0) is 61.6 Å². The van der Waals surface area contributed by atoms with Crippen molar-refractivity contribution in [3.05, 3.63) is 107 Å². The summed E-state index contributed by atoms with van der Waals surface area (Å²) < 4.78 is 5.16. The predicted octanol–water partition coefficient (Wildman–Crippen LogP) is 5.59. The van der Waals surface area contributed by atoms with Crippen LogP contribution in [0.2, 0.25) is 0 Å². The van der Waals surface area contributed by atoms with Crippen LogP contribution in [-0.4, -0.2) is 42.4 Å². The van der Waals surface area contributed by atoms with Crippen molar-refractivity contribution in [2.75, 3.05) is 24.6 Å². The molecule has 39 heavy (non-hydrogen) atoms. The first-order valence-electron chi connectivity index (χ1n) is 13.6. The van der Waals surface area contributed by atoms with Crippen molar-refractivity contribution in [3.63, 3.8) is 0 Å². The van der Waals surface area contributed by atoms with E-state index < -0.39 is 0 Å². The zero-order chi connectivity index (χ0) is 27.6. The van der Waals surface area contributed by atoms with Gasteiger partial charge >= 0.3 is 5.97 Å². The van der Waals surface area contributed by atoms with Crippen LogP contribution in [0.25, 0.3) is 6.08 Å². The molecule has 6 heteroatoms. The Morgan fingerprint density at radius 2 is 1.74 bits per heavy atom. The molecule has 3 aromatic rings. The maximum absolute atomic E-state index is 13.3. The molecule has 0 saturated carbocycles. The fraction of sp³-hybridized carbons (Fsp3) is 0.303. The van der Waals surface area contributed by atoms with Crippen molar-refractivity contribution in [3.8, 4) is 0 Å². The molecule has 1 aliphatic rings. The summed E-state index contributed by atoms with van der Waals surface area (Å²) in [4.78, 5) is 42.0. The predicted molar refractivity (Wildman–Crippen MR) is 154 cm³/mol.